The molecule has 1 aliphatic heterocycles. The largest absolute Gasteiger partial charge is 0.439 e. The molecule has 3 rings (SSSR count). The number of hydrogen-bond acceptors (Lipinski definition) is 4. The number of nitrogens with zero attached hydrogens (tertiary/aromatic N) is 1. The zero-order valence-electron chi connectivity index (χ0n) is 9.28. The van der Waals surface area contributed by atoms with Crippen LogP contribution in [-0.2, 0) is 11.2 Å². The fraction of sp³-hybridized carbons (Fsp3) is 0.417. The van der Waals surface area contributed by atoms with Crippen molar-refractivity contribution in [2.75, 3.05) is 19.7 Å². The zero-order valence-corrected chi connectivity index (χ0v) is 10.9. The molecule has 1 aromatic heterocycles. The van der Waals surface area contributed by atoms with Crippen molar-refractivity contribution in [3.8, 4) is 0 Å². The molecule has 5 heteroatoms. The Hall–Kier alpha value is -0.910. The van der Waals surface area contributed by atoms with Crippen LogP contribution in [0.25, 0.3) is 11.1 Å². The van der Waals surface area contributed by atoms with Gasteiger partial charge in [0.15, 0.2) is 11.5 Å². The van der Waals surface area contributed by atoms with E-state index in [1.54, 1.807) is 0 Å². The lowest BCUT2D eigenvalue weighted by molar-refractivity contribution is 0.0257. The maximum atomic E-state index is 5.74. The number of ether oxygens (including phenoxy) is 1. The van der Waals surface area contributed by atoms with Crippen LogP contribution in [-0.4, -0.2) is 30.8 Å². The summed E-state index contributed by atoms with van der Waals surface area (Å²) in [7, 11) is 0. The molecule has 1 unspecified atom stereocenters. The van der Waals surface area contributed by atoms with Gasteiger partial charge in [0.2, 0.25) is 0 Å². The second kappa shape index (κ2) is 4.76. The van der Waals surface area contributed by atoms with Crippen molar-refractivity contribution in [3.63, 3.8) is 0 Å². The number of aromatic nitrogens is 1. The molecule has 0 saturated carbocycles. The number of hydrogen-bond donors (Lipinski definition) is 1. The van der Waals surface area contributed by atoms with Gasteiger partial charge in [-0.25, -0.2) is 4.98 Å². The summed E-state index contributed by atoms with van der Waals surface area (Å²) in [6, 6.07) is 5.86. The SMILES string of the molecule is Brc1cccc2nc(CC3CNCCO3)oc12. The van der Waals surface area contributed by atoms with Crippen LogP contribution in [0.3, 0.4) is 0 Å². The van der Waals surface area contributed by atoms with Gasteiger partial charge in [-0.3, -0.25) is 0 Å². The molecular formula is C12H13BrN2O2. The summed E-state index contributed by atoms with van der Waals surface area (Å²) in [5, 5.41) is 3.30. The first kappa shape index (κ1) is 11.2. The standard InChI is InChI=1S/C12H13BrN2O2/c13-9-2-1-3-10-12(9)17-11(15-10)6-8-7-14-4-5-16-8/h1-3,8,14H,4-7H2. The molecule has 0 radical (unpaired) electrons. The lowest BCUT2D eigenvalue weighted by atomic mass is 10.2. The summed E-state index contributed by atoms with van der Waals surface area (Å²) in [5.41, 5.74) is 1.70. The number of morpholine rings is 1. The molecular weight excluding hydrogens is 284 g/mol. The van der Waals surface area contributed by atoms with E-state index in [4.69, 9.17) is 9.15 Å². The van der Waals surface area contributed by atoms with Gasteiger partial charge in [0, 0.05) is 13.1 Å². The Balaban J connectivity index is 1.83. The van der Waals surface area contributed by atoms with Crippen molar-refractivity contribution in [2.45, 2.75) is 12.5 Å². The van der Waals surface area contributed by atoms with Crippen LogP contribution in [0.2, 0.25) is 0 Å². The second-order valence-electron chi connectivity index (χ2n) is 4.10. The molecule has 0 bridgehead atoms. The van der Waals surface area contributed by atoms with E-state index in [1.165, 1.54) is 0 Å². The summed E-state index contributed by atoms with van der Waals surface area (Å²) < 4.78 is 12.3. The van der Waals surface area contributed by atoms with E-state index in [-0.39, 0.29) is 6.10 Å². The Bertz CT molecular complexity index is 520. The van der Waals surface area contributed by atoms with Crippen molar-refractivity contribution >= 4 is 27.0 Å². The van der Waals surface area contributed by atoms with Gasteiger partial charge in [-0.15, -0.1) is 0 Å². The van der Waals surface area contributed by atoms with Crippen LogP contribution in [0, 0.1) is 0 Å². The molecule has 4 nitrogen and oxygen atoms in total. The Morgan fingerprint density at radius 3 is 3.18 bits per heavy atom. The van der Waals surface area contributed by atoms with Crippen molar-refractivity contribution in [1.82, 2.24) is 10.3 Å². The van der Waals surface area contributed by atoms with Crippen LogP contribution in [0.1, 0.15) is 5.89 Å². The minimum atomic E-state index is 0.163. The van der Waals surface area contributed by atoms with Crippen LogP contribution in [0.15, 0.2) is 27.1 Å². The molecule has 17 heavy (non-hydrogen) atoms. The second-order valence-corrected chi connectivity index (χ2v) is 4.95. The number of halogens is 1. The van der Waals surface area contributed by atoms with Gasteiger partial charge in [-0.1, -0.05) is 6.07 Å². The van der Waals surface area contributed by atoms with Gasteiger partial charge in [0.05, 0.1) is 23.6 Å². The van der Waals surface area contributed by atoms with E-state index in [2.05, 4.69) is 26.2 Å². The first-order valence-corrected chi connectivity index (χ1v) is 6.48. The lowest BCUT2D eigenvalue weighted by Crippen LogP contribution is -2.39. The number of nitrogens with one attached hydrogen (secondary N) is 1. The highest BCUT2D eigenvalue weighted by Gasteiger charge is 2.17. The van der Waals surface area contributed by atoms with Crippen LogP contribution in [0.4, 0.5) is 0 Å². The Morgan fingerprint density at radius 2 is 2.41 bits per heavy atom. The molecule has 90 valence electrons. The quantitative estimate of drug-likeness (QED) is 0.922. The molecule has 2 heterocycles. The fourth-order valence-electron chi connectivity index (χ4n) is 1.99. The fourth-order valence-corrected chi connectivity index (χ4v) is 2.43. The van der Waals surface area contributed by atoms with E-state index in [0.717, 1.165) is 41.2 Å². The number of oxazole rings is 1. The van der Waals surface area contributed by atoms with E-state index < -0.39 is 0 Å². The summed E-state index contributed by atoms with van der Waals surface area (Å²) in [6.45, 7) is 2.55. The van der Waals surface area contributed by atoms with Crippen molar-refractivity contribution in [2.24, 2.45) is 0 Å². The van der Waals surface area contributed by atoms with Gasteiger partial charge in [-0.2, -0.15) is 0 Å². The van der Waals surface area contributed by atoms with Crippen molar-refractivity contribution in [1.29, 1.82) is 0 Å². The van der Waals surface area contributed by atoms with E-state index in [9.17, 15) is 0 Å². The third kappa shape index (κ3) is 2.36. The third-order valence-corrected chi connectivity index (χ3v) is 3.44. The summed E-state index contributed by atoms with van der Waals surface area (Å²) in [6.07, 6.45) is 0.879. The molecule has 1 aliphatic rings. The molecule has 2 aromatic rings. The smallest absolute Gasteiger partial charge is 0.198 e. The number of fused-ring (bicyclic) bond motifs is 1. The van der Waals surface area contributed by atoms with Gasteiger partial charge < -0.3 is 14.5 Å². The highest BCUT2D eigenvalue weighted by molar-refractivity contribution is 9.10. The van der Waals surface area contributed by atoms with E-state index >= 15 is 0 Å². The molecule has 1 atom stereocenters. The first-order chi connectivity index (χ1) is 8.33. The topological polar surface area (TPSA) is 47.3 Å². The molecule has 0 aliphatic carbocycles. The van der Waals surface area contributed by atoms with Crippen molar-refractivity contribution in [3.05, 3.63) is 28.6 Å². The van der Waals surface area contributed by atoms with Gasteiger partial charge in [-0.05, 0) is 28.1 Å². The predicted molar refractivity (Wildman–Crippen MR) is 68.0 cm³/mol. The highest BCUT2D eigenvalue weighted by atomic mass is 79.9. The average molecular weight is 297 g/mol. The van der Waals surface area contributed by atoms with Crippen LogP contribution in [0.5, 0.6) is 0 Å². The predicted octanol–water partition coefficient (Wildman–Crippen LogP) is 2.12. The maximum Gasteiger partial charge on any atom is 0.198 e. The normalized spacial score (nSPS) is 20.9. The number of para-hydroxylation sites is 1. The number of rotatable bonds is 2. The zero-order chi connectivity index (χ0) is 11.7. The third-order valence-electron chi connectivity index (χ3n) is 2.82. The van der Waals surface area contributed by atoms with Crippen LogP contribution >= 0.6 is 15.9 Å². The summed E-state index contributed by atoms with van der Waals surface area (Å²) in [4.78, 5) is 4.46. The van der Waals surface area contributed by atoms with E-state index in [1.807, 2.05) is 18.2 Å². The summed E-state index contributed by atoms with van der Waals surface area (Å²) >= 11 is 3.46. The first-order valence-electron chi connectivity index (χ1n) is 5.69. The number of benzene rings is 1. The molecule has 0 amide bonds. The minimum absolute atomic E-state index is 0.163. The van der Waals surface area contributed by atoms with Crippen molar-refractivity contribution < 1.29 is 9.15 Å². The maximum absolute atomic E-state index is 5.74. The summed E-state index contributed by atoms with van der Waals surface area (Å²) in [5.74, 6) is 0.737. The Kier molecular flexibility index (Phi) is 3.13. The Labute approximate surface area is 107 Å². The monoisotopic (exact) mass is 296 g/mol. The van der Waals surface area contributed by atoms with Gasteiger partial charge in [0.25, 0.3) is 0 Å². The molecule has 0 spiro atoms. The van der Waals surface area contributed by atoms with Gasteiger partial charge in [0.1, 0.15) is 5.52 Å². The molecule has 1 N–H and O–H groups in total. The minimum Gasteiger partial charge on any atom is -0.439 e. The molecule has 1 saturated heterocycles. The Morgan fingerprint density at radius 1 is 1.47 bits per heavy atom. The highest BCUT2D eigenvalue weighted by Crippen LogP contribution is 2.25. The average Bonchev–Trinajstić information content (AvgIpc) is 2.74. The van der Waals surface area contributed by atoms with Gasteiger partial charge >= 0.3 is 0 Å². The van der Waals surface area contributed by atoms with E-state index in [0.29, 0.717) is 6.42 Å². The lowest BCUT2D eigenvalue weighted by Gasteiger charge is -2.22. The molecule has 1 aromatic carbocycles. The molecule has 1 fully saturated rings. The van der Waals surface area contributed by atoms with Crippen LogP contribution < -0.4 is 5.32 Å².